The topological polar surface area (TPSA) is 72.5 Å². The molecule has 24 heavy (non-hydrogen) atoms. The second-order valence-electron chi connectivity index (χ2n) is 4.50. The van der Waals surface area contributed by atoms with Crippen LogP contribution in [0.3, 0.4) is 0 Å². The van der Waals surface area contributed by atoms with Gasteiger partial charge in [-0.25, -0.2) is 4.79 Å². The van der Waals surface area contributed by atoms with E-state index in [1.165, 1.54) is 20.3 Å². The van der Waals surface area contributed by atoms with Crippen LogP contribution in [0.1, 0.15) is 12.5 Å². The van der Waals surface area contributed by atoms with Gasteiger partial charge in [-0.1, -0.05) is 0 Å². The highest BCUT2D eigenvalue weighted by Gasteiger charge is 2.13. The van der Waals surface area contributed by atoms with Crippen LogP contribution in [0.5, 0.6) is 17.2 Å². The predicted molar refractivity (Wildman–Crippen MR) is 88.5 cm³/mol. The third-order valence-corrected chi connectivity index (χ3v) is 2.90. The molecular formula is C17H24O7. The zero-order valence-electron chi connectivity index (χ0n) is 14.5. The second-order valence-corrected chi connectivity index (χ2v) is 4.50. The summed E-state index contributed by atoms with van der Waals surface area (Å²) >= 11 is 0. The van der Waals surface area contributed by atoms with Crippen molar-refractivity contribution in [3.63, 3.8) is 0 Å². The summed E-state index contributed by atoms with van der Waals surface area (Å²) in [5, 5.41) is 0. The number of benzene rings is 1. The van der Waals surface area contributed by atoms with Crippen LogP contribution in [0.15, 0.2) is 18.2 Å². The summed E-state index contributed by atoms with van der Waals surface area (Å²) in [7, 11) is 4.64. The smallest absolute Gasteiger partial charge is 0.330 e. The predicted octanol–water partition coefficient (Wildman–Crippen LogP) is 2.28. The lowest BCUT2D eigenvalue weighted by molar-refractivity contribution is -0.137. The summed E-state index contributed by atoms with van der Waals surface area (Å²) in [5.41, 5.74) is 0.712. The molecular weight excluding hydrogens is 316 g/mol. The van der Waals surface area contributed by atoms with E-state index in [1.54, 1.807) is 32.2 Å². The van der Waals surface area contributed by atoms with E-state index in [4.69, 9.17) is 28.4 Å². The average Bonchev–Trinajstić information content (AvgIpc) is 2.60. The maximum Gasteiger partial charge on any atom is 0.330 e. The number of esters is 1. The fourth-order valence-corrected chi connectivity index (χ4v) is 1.80. The van der Waals surface area contributed by atoms with Crippen molar-refractivity contribution in [1.29, 1.82) is 0 Å². The molecule has 134 valence electrons. The Bertz CT molecular complexity index is 515. The third-order valence-electron chi connectivity index (χ3n) is 2.90. The van der Waals surface area contributed by atoms with Crippen molar-refractivity contribution < 1.29 is 33.2 Å². The van der Waals surface area contributed by atoms with E-state index < -0.39 is 5.97 Å². The van der Waals surface area contributed by atoms with Crippen molar-refractivity contribution in [3.8, 4) is 17.2 Å². The number of hydrogen-bond acceptors (Lipinski definition) is 7. The van der Waals surface area contributed by atoms with Crippen molar-refractivity contribution in [3.05, 3.63) is 23.8 Å². The molecule has 1 aromatic rings. The standard InChI is InChI=1S/C17H24O7/c1-5-23-16(18)7-6-13-10-14(20-3)17(15(11-13)21-4)24-12-22-9-8-19-2/h6-7,10-11H,5,8-9,12H2,1-4H3. The Hall–Kier alpha value is -2.25. The molecule has 0 atom stereocenters. The molecule has 0 heterocycles. The molecule has 0 amide bonds. The highest BCUT2D eigenvalue weighted by atomic mass is 16.7. The summed E-state index contributed by atoms with van der Waals surface area (Å²) in [6.45, 7) is 3.01. The Kier molecular flexibility index (Phi) is 9.33. The fraction of sp³-hybridized carbons (Fsp3) is 0.471. The van der Waals surface area contributed by atoms with Crippen molar-refractivity contribution >= 4 is 12.0 Å². The average molecular weight is 340 g/mol. The number of ether oxygens (including phenoxy) is 6. The van der Waals surface area contributed by atoms with E-state index in [0.717, 1.165) is 0 Å². The van der Waals surface area contributed by atoms with Gasteiger partial charge in [0.2, 0.25) is 5.75 Å². The molecule has 0 aliphatic heterocycles. The number of carbonyl (C=O) groups excluding carboxylic acids is 1. The Morgan fingerprint density at radius 3 is 2.29 bits per heavy atom. The maximum atomic E-state index is 11.4. The van der Waals surface area contributed by atoms with Gasteiger partial charge >= 0.3 is 5.97 Å². The minimum Gasteiger partial charge on any atom is -0.493 e. The van der Waals surface area contributed by atoms with Crippen LogP contribution < -0.4 is 14.2 Å². The SMILES string of the molecule is CCOC(=O)C=Cc1cc(OC)c(OCOCCOC)c(OC)c1. The molecule has 1 rings (SSSR count). The molecule has 7 heteroatoms. The summed E-state index contributed by atoms with van der Waals surface area (Å²) in [5.74, 6) is 0.939. The van der Waals surface area contributed by atoms with Crippen LogP contribution in [-0.2, 0) is 19.0 Å². The molecule has 0 fully saturated rings. The fourth-order valence-electron chi connectivity index (χ4n) is 1.80. The number of hydrogen-bond donors (Lipinski definition) is 0. The molecule has 0 aliphatic rings. The third kappa shape index (κ3) is 6.47. The lowest BCUT2D eigenvalue weighted by Crippen LogP contribution is -2.09. The van der Waals surface area contributed by atoms with Gasteiger partial charge in [0.25, 0.3) is 0 Å². The molecule has 0 saturated heterocycles. The monoisotopic (exact) mass is 340 g/mol. The zero-order valence-corrected chi connectivity index (χ0v) is 14.5. The molecule has 0 aliphatic carbocycles. The van der Waals surface area contributed by atoms with Crippen molar-refractivity contribution in [1.82, 2.24) is 0 Å². The first-order valence-corrected chi connectivity index (χ1v) is 7.46. The maximum absolute atomic E-state index is 11.4. The van der Waals surface area contributed by atoms with Crippen molar-refractivity contribution in [2.75, 3.05) is 47.9 Å². The number of rotatable bonds is 11. The summed E-state index contributed by atoms with van der Waals surface area (Å²) in [6.07, 6.45) is 2.95. The molecule has 7 nitrogen and oxygen atoms in total. The molecule has 0 spiro atoms. The van der Waals surface area contributed by atoms with Gasteiger partial charge in [0.05, 0.1) is 34.0 Å². The van der Waals surface area contributed by atoms with Crippen molar-refractivity contribution in [2.45, 2.75) is 6.92 Å². The Labute approximate surface area is 142 Å². The van der Waals surface area contributed by atoms with Gasteiger partial charge in [-0.15, -0.1) is 0 Å². The lowest BCUT2D eigenvalue weighted by atomic mass is 10.1. The number of methoxy groups -OCH3 is 3. The minimum atomic E-state index is -0.415. The first-order valence-electron chi connectivity index (χ1n) is 7.46. The van der Waals surface area contributed by atoms with Crippen LogP contribution in [0.25, 0.3) is 6.08 Å². The summed E-state index contributed by atoms with van der Waals surface area (Å²) < 4.78 is 31.2. The van der Waals surface area contributed by atoms with Crippen LogP contribution in [0, 0.1) is 0 Å². The summed E-state index contributed by atoms with van der Waals surface area (Å²) in [4.78, 5) is 11.4. The first kappa shape index (κ1) is 19.8. The van der Waals surface area contributed by atoms with Crippen LogP contribution in [-0.4, -0.2) is 53.9 Å². The van der Waals surface area contributed by atoms with Gasteiger partial charge in [-0.2, -0.15) is 0 Å². The molecule has 0 aromatic heterocycles. The van der Waals surface area contributed by atoms with E-state index >= 15 is 0 Å². The second kappa shape index (κ2) is 11.3. The lowest BCUT2D eigenvalue weighted by Gasteiger charge is -2.15. The van der Waals surface area contributed by atoms with Gasteiger partial charge in [0.15, 0.2) is 18.3 Å². The largest absolute Gasteiger partial charge is 0.493 e. The molecule has 0 bridgehead atoms. The van der Waals surface area contributed by atoms with Crippen LogP contribution in [0.2, 0.25) is 0 Å². The van der Waals surface area contributed by atoms with Gasteiger partial charge in [0, 0.05) is 13.2 Å². The quantitative estimate of drug-likeness (QED) is 0.265. The van der Waals surface area contributed by atoms with E-state index in [2.05, 4.69) is 0 Å². The molecule has 0 N–H and O–H groups in total. The molecule has 0 radical (unpaired) electrons. The molecule has 1 aromatic carbocycles. The Morgan fingerprint density at radius 2 is 1.75 bits per heavy atom. The summed E-state index contributed by atoms with van der Waals surface area (Å²) in [6, 6.07) is 3.45. The Morgan fingerprint density at radius 1 is 1.08 bits per heavy atom. The van der Waals surface area contributed by atoms with Crippen LogP contribution in [0.4, 0.5) is 0 Å². The molecule has 0 unspecified atom stereocenters. The van der Waals surface area contributed by atoms with E-state index in [0.29, 0.717) is 42.6 Å². The van der Waals surface area contributed by atoms with Gasteiger partial charge in [-0.05, 0) is 30.7 Å². The highest BCUT2D eigenvalue weighted by molar-refractivity contribution is 5.87. The molecule has 0 saturated carbocycles. The zero-order chi connectivity index (χ0) is 17.8. The van der Waals surface area contributed by atoms with E-state index in [9.17, 15) is 4.79 Å². The van der Waals surface area contributed by atoms with Gasteiger partial charge < -0.3 is 28.4 Å². The van der Waals surface area contributed by atoms with Crippen LogP contribution >= 0.6 is 0 Å². The minimum absolute atomic E-state index is 0.0358. The normalized spacial score (nSPS) is 10.7. The number of carbonyl (C=O) groups is 1. The highest BCUT2D eigenvalue weighted by Crippen LogP contribution is 2.38. The first-order chi connectivity index (χ1) is 11.7. The Balaban J connectivity index is 2.86. The van der Waals surface area contributed by atoms with Gasteiger partial charge in [-0.3, -0.25) is 0 Å². The van der Waals surface area contributed by atoms with E-state index in [-0.39, 0.29) is 6.79 Å². The van der Waals surface area contributed by atoms with Crippen molar-refractivity contribution in [2.24, 2.45) is 0 Å². The van der Waals surface area contributed by atoms with E-state index in [1.807, 2.05) is 0 Å². The van der Waals surface area contributed by atoms with Gasteiger partial charge in [0.1, 0.15) is 0 Å².